The standard InChI is InChI=1S/C80H44N6O2/c1-82-76-77(83-60-30-14-8-24-51(60)57-44-49(36-38-64(57)83)47-20-4-2-5-21-47)59(46-81)78(85-62-32-16-10-26-53(62)72-66(85)40-42-70-74(72)55-28-12-18-34-68(55)87-70)80(84-61-31-15-9-25-52(61)58-45-50(37-39-65(58)84)48-22-6-3-7-23-48)79(76)86-63-33-17-11-27-54(63)73-67(86)41-43-71-75(73)56-29-13-19-35-69(56)88-71/h2-45H. The summed E-state index contributed by atoms with van der Waals surface area (Å²) in [4.78, 5) is 4.89. The van der Waals surface area contributed by atoms with Crippen LogP contribution in [0.2, 0.25) is 0 Å². The molecule has 88 heavy (non-hydrogen) atoms. The molecule has 19 aromatic rings. The third-order valence-corrected chi connectivity index (χ3v) is 18.4. The first-order valence-corrected chi connectivity index (χ1v) is 29.5. The van der Waals surface area contributed by atoms with Crippen molar-refractivity contribution < 1.29 is 8.83 Å². The van der Waals surface area contributed by atoms with Crippen molar-refractivity contribution >= 4 is 137 Å². The second-order valence-corrected chi connectivity index (χ2v) is 22.8. The topological polar surface area (TPSA) is 74.2 Å². The van der Waals surface area contributed by atoms with E-state index in [9.17, 15) is 11.8 Å². The maximum atomic E-state index is 12.9. The molecule has 0 aliphatic rings. The predicted molar refractivity (Wildman–Crippen MR) is 360 cm³/mol. The van der Waals surface area contributed by atoms with Crippen LogP contribution in [-0.2, 0) is 0 Å². The van der Waals surface area contributed by atoms with Crippen LogP contribution in [0.15, 0.2) is 276 Å². The minimum absolute atomic E-state index is 0.306. The lowest BCUT2D eigenvalue weighted by molar-refractivity contribution is 0.669. The van der Waals surface area contributed by atoms with Gasteiger partial charge in [-0.05, 0) is 107 Å². The van der Waals surface area contributed by atoms with E-state index in [2.05, 4.69) is 255 Å². The summed E-state index contributed by atoms with van der Waals surface area (Å²) in [5.74, 6) is 0. The quantitative estimate of drug-likeness (QED) is 0.156. The van der Waals surface area contributed by atoms with Crippen molar-refractivity contribution in [3.8, 4) is 51.1 Å². The molecule has 0 N–H and O–H groups in total. The number of hydrogen-bond donors (Lipinski definition) is 0. The number of furan rings is 2. The molecular formula is C80H44N6O2. The fourth-order valence-corrected chi connectivity index (χ4v) is 14.8. The Bertz CT molecular complexity index is 6100. The zero-order valence-corrected chi connectivity index (χ0v) is 46.9. The molecule has 0 unspecified atom stereocenters. The van der Waals surface area contributed by atoms with Gasteiger partial charge in [0.2, 0.25) is 5.69 Å². The number of rotatable bonds is 6. The van der Waals surface area contributed by atoms with Crippen LogP contribution in [0.1, 0.15) is 5.56 Å². The molecule has 0 aliphatic heterocycles. The lowest BCUT2D eigenvalue weighted by Crippen LogP contribution is -2.14. The van der Waals surface area contributed by atoms with Crippen molar-refractivity contribution in [1.82, 2.24) is 18.3 Å². The van der Waals surface area contributed by atoms with Crippen LogP contribution < -0.4 is 0 Å². The molecule has 0 atom stereocenters. The number of para-hydroxylation sites is 6. The summed E-state index contributed by atoms with van der Waals surface area (Å²) in [5.41, 5.74) is 17.5. The highest BCUT2D eigenvalue weighted by Gasteiger charge is 2.35. The van der Waals surface area contributed by atoms with Crippen LogP contribution in [0.3, 0.4) is 0 Å². The largest absolute Gasteiger partial charge is 0.456 e. The van der Waals surface area contributed by atoms with Gasteiger partial charge in [-0.3, -0.25) is 0 Å². The van der Waals surface area contributed by atoms with Crippen molar-refractivity contribution in [1.29, 1.82) is 5.26 Å². The molecule has 0 aliphatic carbocycles. The average Bonchev–Trinajstić information content (AvgIpc) is 1.48. The van der Waals surface area contributed by atoms with Gasteiger partial charge in [0.15, 0.2) is 0 Å². The minimum atomic E-state index is 0.306. The normalized spacial score (nSPS) is 12.1. The van der Waals surface area contributed by atoms with Gasteiger partial charge in [0.05, 0.1) is 79.0 Å². The number of nitriles is 1. The van der Waals surface area contributed by atoms with Gasteiger partial charge in [0, 0.05) is 64.6 Å². The molecule has 13 aromatic carbocycles. The SMILES string of the molecule is [C-]#[N+]c1c(-n2c3ccccc3c3cc(-c4ccccc4)ccc32)c(C#N)c(-n2c3ccccc3c3c4c(ccc32)oc2ccccc24)c(-n2c3ccccc3c3cc(-c4ccccc4)ccc32)c1-n1c2ccccc2c2c3c(ccc21)oc1ccccc13. The number of aromatic nitrogens is 4. The Hall–Kier alpha value is -12.4. The summed E-state index contributed by atoms with van der Waals surface area (Å²) in [6, 6.07) is 96.2. The van der Waals surface area contributed by atoms with Crippen molar-refractivity contribution in [3.05, 3.63) is 284 Å². The monoisotopic (exact) mass is 1120 g/mol. The highest BCUT2D eigenvalue weighted by molar-refractivity contribution is 6.30. The van der Waals surface area contributed by atoms with Crippen molar-refractivity contribution in [2.24, 2.45) is 0 Å². The van der Waals surface area contributed by atoms with Crippen LogP contribution in [0.5, 0.6) is 0 Å². The maximum absolute atomic E-state index is 12.9. The highest BCUT2D eigenvalue weighted by Crippen LogP contribution is 2.54. The maximum Gasteiger partial charge on any atom is 0.237 e. The van der Waals surface area contributed by atoms with E-state index in [0.29, 0.717) is 34.0 Å². The van der Waals surface area contributed by atoms with Gasteiger partial charge in [-0.1, -0.05) is 182 Å². The summed E-state index contributed by atoms with van der Waals surface area (Å²) >= 11 is 0. The molecule has 406 valence electrons. The first-order valence-electron chi connectivity index (χ1n) is 29.5. The van der Waals surface area contributed by atoms with Crippen LogP contribution in [0, 0.1) is 17.9 Å². The number of nitrogens with zero attached hydrogens (tertiary/aromatic N) is 6. The summed E-state index contributed by atoms with van der Waals surface area (Å²) in [6.07, 6.45) is 0. The molecule has 0 bridgehead atoms. The Labute approximate surface area is 501 Å². The Balaban J connectivity index is 1.09. The van der Waals surface area contributed by atoms with Gasteiger partial charge < -0.3 is 27.1 Å². The molecule has 0 saturated carbocycles. The first-order chi connectivity index (χ1) is 43.6. The predicted octanol–water partition coefficient (Wildman–Crippen LogP) is 21.6. The summed E-state index contributed by atoms with van der Waals surface area (Å²) < 4.78 is 22.6. The molecule has 6 aromatic heterocycles. The summed E-state index contributed by atoms with van der Waals surface area (Å²) in [6.45, 7) is 10.1. The van der Waals surface area contributed by atoms with Gasteiger partial charge >= 0.3 is 0 Å². The molecule has 0 amide bonds. The number of fused-ring (bicyclic) bond motifs is 20. The summed E-state index contributed by atoms with van der Waals surface area (Å²) in [5, 5.41) is 24.9. The van der Waals surface area contributed by atoms with Gasteiger partial charge in [0.25, 0.3) is 0 Å². The Morgan fingerprint density at radius 2 is 0.648 bits per heavy atom. The Kier molecular flexibility index (Phi) is 9.87. The lowest BCUT2D eigenvalue weighted by atomic mass is 10.0. The van der Waals surface area contributed by atoms with Crippen molar-refractivity contribution in [3.63, 3.8) is 0 Å². The molecule has 0 saturated heterocycles. The second-order valence-electron chi connectivity index (χ2n) is 22.8. The molecule has 6 heterocycles. The smallest absolute Gasteiger partial charge is 0.237 e. The molecular weight excluding hydrogens is 1080 g/mol. The van der Waals surface area contributed by atoms with Crippen LogP contribution >= 0.6 is 0 Å². The van der Waals surface area contributed by atoms with Crippen LogP contribution in [0.4, 0.5) is 5.69 Å². The van der Waals surface area contributed by atoms with E-state index in [4.69, 9.17) is 13.7 Å². The average molecular weight is 1120 g/mol. The third-order valence-electron chi connectivity index (χ3n) is 18.4. The van der Waals surface area contributed by atoms with E-state index in [-0.39, 0.29) is 0 Å². The van der Waals surface area contributed by atoms with Crippen LogP contribution in [-0.4, -0.2) is 18.3 Å². The minimum Gasteiger partial charge on any atom is -0.456 e. The molecule has 8 heteroatoms. The molecule has 0 radical (unpaired) electrons. The van der Waals surface area contributed by atoms with Gasteiger partial charge in [-0.25, -0.2) is 4.85 Å². The van der Waals surface area contributed by atoms with Crippen LogP contribution in [0.25, 0.3) is 181 Å². The zero-order valence-electron chi connectivity index (χ0n) is 46.9. The first kappa shape index (κ1) is 48.1. The number of benzene rings is 13. The van der Waals surface area contributed by atoms with E-state index in [0.717, 1.165) is 153 Å². The second kappa shape index (κ2) is 18.1. The fourth-order valence-electron chi connectivity index (χ4n) is 14.8. The van der Waals surface area contributed by atoms with E-state index < -0.39 is 0 Å². The molecule has 0 fully saturated rings. The number of hydrogen-bond acceptors (Lipinski definition) is 3. The zero-order chi connectivity index (χ0) is 57.9. The lowest BCUT2D eigenvalue weighted by Gasteiger charge is -2.27. The van der Waals surface area contributed by atoms with E-state index in [1.807, 2.05) is 36.4 Å². The van der Waals surface area contributed by atoms with Gasteiger partial charge in [-0.15, -0.1) is 0 Å². The molecule has 8 nitrogen and oxygen atoms in total. The van der Waals surface area contributed by atoms with Crippen molar-refractivity contribution in [2.45, 2.75) is 0 Å². The van der Waals surface area contributed by atoms with E-state index in [1.165, 1.54) is 0 Å². The van der Waals surface area contributed by atoms with Gasteiger partial charge in [-0.2, -0.15) is 5.26 Å². The summed E-state index contributed by atoms with van der Waals surface area (Å²) in [7, 11) is 0. The fraction of sp³-hybridized carbons (Fsp3) is 0. The van der Waals surface area contributed by atoms with E-state index >= 15 is 0 Å². The van der Waals surface area contributed by atoms with E-state index in [1.54, 1.807) is 0 Å². The molecule has 19 rings (SSSR count). The van der Waals surface area contributed by atoms with Gasteiger partial charge in [0.1, 0.15) is 28.4 Å². The Morgan fingerprint density at radius 3 is 1.11 bits per heavy atom. The third kappa shape index (κ3) is 6.44. The van der Waals surface area contributed by atoms with Crippen molar-refractivity contribution in [2.75, 3.05) is 0 Å². The molecule has 0 spiro atoms. The Morgan fingerprint density at radius 1 is 0.284 bits per heavy atom. The highest BCUT2D eigenvalue weighted by atomic mass is 16.3.